The van der Waals surface area contributed by atoms with E-state index in [1.807, 2.05) is 24.3 Å². The van der Waals surface area contributed by atoms with Crippen molar-refractivity contribution in [1.29, 1.82) is 0 Å². The van der Waals surface area contributed by atoms with Crippen LogP contribution in [0.3, 0.4) is 0 Å². The van der Waals surface area contributed by atoms with Gasteiger partial charge in [-0.1, -0.05) is 34.1 Å². The Morgan fingerprint density at radius 3 is 2.94 bits per heavy atom. The van der Waals surface area contributed by atoms with Crippen molar-refractivity contribution >= 4 is 44.6 Å². The predicted octanol–water partition coefficient (Wildman–Crippen LogP) is 4.71. The third kappa shape index (κ3) is 3.57. The summed E-state index contributed by atoms with van der Waals surface area (Å²) >= 11 is 3.57. The van der Waals surface area contributed by atoms with Crippen molar-refractivity contribution in [2.24, 2.45) is 10.1 Å². The second kappa shape index (κ2) is 8.22. The van der Waals surface area contributed by atoms with E-state index in [1.165, 1.54) is 12.4 Å². The van der Waals surface area contributed by atoms with Gasteiger partial charge in [0, 0.05) is 44.7 Å². The molecule has 0 spiro atoms. The first-order chi connectivity index (χ1) is 15.5. The quantitative estimate of drug-likeness (QED) is 0.247. The van der Waals surface area contributed by atoms with Gasteiger partial charge in [0.25, 0.3) is 0 Å². The number of aryl methyl sites for hydroxylation is 1. The molecule has 0 radical (unpaired) electrons. The molecule has 2 aromatic heterocycles. The fourth-order valence-corrected chi connectivity index (χ4v) is 4.29. The summed E-state index contributed by atoms with van der Waals surface area (Å²) in [6.45, 7) is 1.45. The number of aromatic amines is 1. The van der Waals surface area contributed by atoms with E-state index in [2.05, 4.69) is 54.6 Å². The van der Waals surface area contributed by atoms with Crippen LogP contribution in [-0.4, -0.2) is 32.2 Å². The highest BCUT2D eigenvalue weighted by molar-refractivity contribution is 9.10. The van der Waals surface area contributed by atoms with Crippen molar-refractivity contribution in [1.82, 2.24) is 15.4 Å². The molecular formula is C24H20BrN5O2. The number of rotatable bonds is 3. The van der Waals surface area contributed by atoms with Gasteiger partial charge in [0.2, 0.25) is 0 Å². The summed E-state index contributed by atoms with van der Waals surface area (Å²) in [6.07, 6.45) is 3.57. The third-order valence-corrected chi connectivity index (χ3v) is 6.05. The van der Waals surface area contributed by atoms with Crippen LogP contribution in [0.1, 0.15) is 22.4 Å². The summed E-state index contributed by atoms with van der Waals surface area (Å²) in [7, 11) is 0. The molecule has 0 saturated carbocycles. The highest BCUT2D eigenvalue weighted by atomic mass is 79.9. The summed E-state index contributed by atoms with van der Waals surface area (Å²) in [5.74, 6) is 0.670. The van der Waals surface area contributed by atoms with Gasteiger partial charge in [0.05, 0.1) is 29.9 Å². The normalized spacial score (nSPS) is 13.0. The van der Waals surface area contributed by atoms with Gasteiger partial charge in [-0.15, -0.1) is 0 Å². The van der Waals surface area contributed by atoms with Gasteiger partial charge in [0.1, 0.15) is 11.6 Å². The summed E-state index contributed by atoms with van der Waals surface area (Å²) in [5.41, 5.74) is 9.54. The van der Waals surface area contributed by atoms with E-state index in [0.717, 1.165) is 37.9 Å². The number of aliphatic hydroxyl groups excluding tert-OH is 1. The first-order valence-electron chi connectivity index (χ1n) is 10.1. The number of hydrogen-bond acceptors (Lipinski definition) is 6. The van der Waals surface area contributed by atoms with Crippen molar-refractivity contribution in [3.05, 3.63) is 75.5 Å². The van der Waals surface area contributed by atoms with E-state index < -0.39 is 0 Å². The number of aliphatic imine (C=N–C) groups is 1. The Hall–Kier alpha value is -3.49. The van der Waals surface area contributed by atoms with E-state index in [9.17, 15) is 10.2 Å². The molecule has 0 fully saturated rings. The van der Waals surface area contributed by atoms with Crippen molar-refractivity contribution in [3.8, 4) is 17.0 Å². The summed E-state index contributed by atoms with van der Waals surface area (Å²) < 4.78 is 1.01. The summed E-state index contributed by atoms with van der Waals surface area (Å²) in [6, 6.07) is 14.2. The molecule has 4 N–H and O–H groups in total. The van der Waals surface area contributed by atoms with Crippen LogP contribution in [0, 0.1) is 6.92 Å². The minimum atomic E-state index is -0.246. The second-order valence-electron chi connectivity index (χ2n) is 7.58. The Kier molecular flexibility index (Phi) is 5.24. The topological polar surface area (TPSA) is 106 Å². The lowest BCUT2D eigenvalue weighted by molar-refractivity contribution is 0.280. The van der Waals surface area contributed by atoms with E-state index in [0.29, 0.717) is 29.1 Å². The molecule has 5 rings (SSSR count). The minimum Gasteiger partial charge on any atom is -0.505 e. The van der Waals surface area contributed by atoms with Gasteiger partial charge in [-0.3, -0.25) is 10.4 Å². The van der Waals surface area contributed by atoms with Crippen LogP contribution >= 0.6 is 15.9 Å². The molecular weight excluding hydrogens is 470 g/mol. The number of amidine groups is 1. The van der Waals surface area contributed by atoms with Gasteiger partial charge >= 0.3 is 0 Å². The molecule has 7 nitrogen and oxygen atoms in total. The lowest BCUT2D eigenvalue weighted by Crippen LogP contribution is -2.20. The second-order valence-corrected chi connectivity index (χ2v) is 8.50. The fraction of sp³-hybridized carbons (Fsp3) is 0.125. The molecule has 2 aromatic carbocycles. The fourth-order valence-electron chi connectivity index (χ4n) is 3.93. The number of H-pyrrole nitrogens is 1. The van der Waals surface area contributed by atoms with E-state index in [1.54, 1.807) is 6.92 Å². The van der Waals surface area contributed by atoms with Gasteiger partial charge in [-0.25, -0.2) is 4.99 Å². The number of aliphatic hydroxyl groups is 1. The zero-order valence-electron chi connectivity index (χ0n) is 17.2. The van der Waals surface area contributed by atoms with Crippen LogP contribution < -0.4 is 5.43 Å². The lowest BCUT2D eigenvalue weighted by Gasteiger charge is -2.08. The first-order valence-corrected chi connectivity index (χ1v) is 10.9. The molecule has 160 valence electrons. The van der Waals surface area contributed by atoms with Gasteiger partial charge in [0.15, 0.2) is 0 Å². The lowest BCUT2D eigenvalue weighted by atomic mass is 10.0. The molecule has 0 amide bonds. The molecule has 0 saturated heterocycles. The van der Waals surface area contributed by atoms with Gasteiger partial charge < -0.3 is 15.2 Å². The Morgan fingerprint density at radius 2 is 2.09 bits per heavy atom. The molecule has 0 aliphatic carbocycles. The maximum atomic E-state index is 10.3. The average molecular weight is 490 g/mol. The number of aromatic hydroxyl groups is 1. The number of hydrazone groups is 1. The van der Waals surface area contributed by atoms with Crippen molar-refractivity contribution < 1.29 is 10.2 Å². The van der Waals surface area contributed by atoms with Crippen molar-refractivity contribution in [2.75, 3.05) is 0 Å². The van der Waals surface area contributed by atoms with Crippen LogP contribution in [0.25, 0.3) is 22.2 Å². The largest absolute Gasteiger partial charge is 0.505 e. The first kappa shape index (κ1) is 20.4. The van der Waals surface area contributed by atoms with Crippen LogP contribution in [0.4, 0.5) is 5.69 Å². The maximum absolute atomic E-state index is 10.3. The van der Waals surface area contributed by atoms with Crippen LogP contribution in [0.5, 0.6) is 5.75 Å². The zero-order chi connectivity index (χ0) is 22.2. The third-order valence-electron chi connectivity index (χ3n) is 5.56. The SMILES string of the molecule is Cc1ncc(CO)c(/C=N/NC2=Nc3ccccc3-c3[nH]c4ccc(Br)cc4c3C2)c1O. The molecule has 32 heavy (non-hydrogen) atoms. The maximum Gasteiger partial charge on any atom is 0.145 e. The number of para-hydroxylation sites is 1. The van der Waals surface area contributed by atoms with Gasteiger partial charge in [-0.05, 0) is 36.8 Å². The molecule has 0 atom stereocenters. The molecule has 0 unspecified atom stereocenters. The van der Waals surface area contributed by atoms with E-state index in [-0.39, 0.29) is 12.4 Å². The molecule has 8 heteroatoms. The number of nitrogens with zero attached hydrogens (tertiary/aromatic N) is 3. The monoisotopic (exact) mass is 489 g/mol. The van der Waals surface area contributed by atoms with E-state index in [4.69, 9.17) is 4.99 Å². The predicted molar refractivity (Wildman–Crippen MR) is 130 cm³/mol. The van der Waals surface area contributed by atoms with Crippen LogP contribution in [-0.2, 0) is 13.0 Å². The van der Waals surface area contributed by atoms with Crippen molar-refractivity contribution in [3.63, 3.8) is 0 Å². The van der Waals surface area contributed by atoms with Gasteiger partial charge in [-0.2, -0.15) is 5.10 Å². The summed E-state index contributed by atoms with van der Waals surface area (Å²) in [4.78, 5) is 12.4. The van der Waals surface area contributed by atoms with Crippen molar-refractivity contribution in [2.45, 2.75) is 20.0 Å². The molecule has 0 bridgehead atoms. The molecule has 1 aliphatic rings. The molecule has 4 aromatic rings. The number of pyridine rings is 1. The standard InChI is InChI=1S/C24H20BrN5O2/c1-13-24(32)19(14(12-31)10-26-13)11-27-30-22-9-18-17-8-15(25)6-7-21(17)29-23(18)16-4-2-3-5-20(16)28-22/h2-8,10-11,29,31-32H,9,12H2,1H3,(H,28,30)/b27-11+. The van der Waals surface area contributed by atoms with Crippen LogP contribution in [0.2, 0.25) is 0 Å². The smallest absolute Gasteiger partial charge is 0.145 e. The average Bonchev–Trinajstić information content (AvgIpc) is 3.05. The zero-order valence-corrected chi connectivity index (χ0v) is 18.8. The Labute approximate surface area is 192 Å². The number of fused-ring (bicyclic) bond motifs is 5. The Balaban J connectivity index is 1.55. The number of halogens is 1. The number of hydrogen-bond donors (Lipinski definition) is 4. The molecule has 1 aliphatic heterocycles. The Morgan fingerprint density at radius 1 is 1.25 bits per heavy atom. The van der Waals surface area contributed by atoms with E-state index >= 15 is 0 Å². The minimum absolute atomic E-state index is 0.000911. The Bertz CT molecular complexity index is 1410. The number of benzene rings is 2. The number of aromatic nitrogens is 2. The molecule has 3 heterocycles. The van der Waals surface area contributed by atoms with Crippen LogP contribution in [0.15, 0.2) is 63.2 Å². The number of nitrogens with one attached hydrogen (secondary N) is 2. The highest BCUT2D eigenvalue weighted by Gasteiger charge is 2.21. The summed E-state index contributed by atoms with van der Waals surface area (Å²) in [5, 5.41) is 25.4. The highest BCUT2D eigenvalue weighted by Crippen LogP contribution is 2.39.